The number of carbonyl (C=O) groups excluding carboxylic acids is 1. The number of aromatic nitrogens is 3. The van der Waals surface area contributed by atoms with Crippen molar-refractivity contribution < 1.29 is 9.53 Å². The monoisotopic (exact) mass is 357 g/mol. The Bertz CT molecular complexity index is 939. The van der Waals surface area contributed by atoms with Crippen LogP contribution in [0, 0.1) is 6.92 Å². The lowest BCUT2D eigenvalue weighted by Gasteiger charge is -2.10. The molecule has 2 heterocycles. The van der Waals surface area contributed by atoms with Crippen molar-refractivity contribution in [1.82, 2.24) is 14.8 Å². The SMILES string of the molecule is COc1cc(Cl)cnc1NC(=O)c1cnn(-c2ccccc2C)c1N. The predicted octanol–water partition coefficient (Wildman–Crippen LogP) is 3.07. The second-order valence-electron chi connectivity index (χ2n) is 5.30. The number of nitrogens with one attached hydrogen (secondary N) is 1. The zero-order valence-electron chi connectivity index (χ0n) is 13.7. The second kappa shape index (κ2) is 6.82. The van der Waals surface area contributed by atoms with Crippen molar-refractivity contribution in [3.05, 3.63) is 58.9 Å². The number of hydrogen-bond acceptors (Lipinski definition) is 5. The molecule has 0 fully saturated rings. The summed E-state index contributed by atoms with van der Waals surface area (Å²) in [6.07, 6.45) is 2.83. The fourth-order valence-corrected chi connectivity index (χ4v) is 2.52. The van der Waals surface area contributed by atoms with Crippen molar-refractivity contribution in [2.75, 3.05) is 18.2 Å². The predicted molar refractivity (Wildman–Crippen MR) is 96.5 cm³/mol. The van der Waals surface area contributed by atoms with Crippen LogP contribution in [-0.4, -0.2) is 27.8 Å². The summed E-state index contributed by atoms with van der Waals surface area (Å²) in [7, 11) is 1.47. The molecule has 1 amide bonds. The van der Waals surface area contributed by atoms with Crippen LogP contribution in [0.25, 0.3) is 5.69 Å². The number of benzene rings is 1. The number of nitrogens with zero attached hydrogens (tertiary/aromatic N) is 3. The van der Waals surface area contributed by atoms with Crippen LogP contribution >= 0.6 is 11.6 Å². The number of methoxy groups -OCH3 is 1. The molecule has 3 N–H and O–H groups in total. The summed E-state index contributed by atoms with van der Waals surface area (Å²) in [4.78, 5) is 16.6. The number of nitrogens with two attached hydrogens (primary N) is 1. The summed E-state index contributed by atoms with van der Waals surface area (Å²) < 4.78 is 6.69. The van der Waals surface area contributed by atoms with E-state index in [1.54, 1.807) is 6.07 Å². The van der Waals surface area contributed by atoms with Gasteiger partial charge in [-0.1, -0.05) is 29.8 Å². The molecule has 3 aromatic rings. The summed E-state index contributed by atoms with van der Waals surface area (Å²) in [5.74, 6) is 0.399. The van der Waals surface area contributed by atoms with Crippen molar-refractivity contribution in [3.63, 3.8) is 0 Å². The highest BCUT2D eigenvalue weighted by Gasteiger charge is 2.19. The average molecular weight is 358 g/mol. The van der Waals surface area contributed by atoms with E-state index in [0.29, 0.717) is 10.8 Å². The van der Waals surface area contributed by atoms with Gasteiger partial charge in [-0.2, -0.15) is 5.10 Å². The van der Waals surface area contributed by atoms with E-state index in [9.17, 15) is 4.79 Å². The fourth-order valence-electron chi connectivity index (χ4n) is 2.37. The van der Waals surface area contributed by atoms with Gasteiger partial charge in [-0.3, -0.25) is 4.79 Å². The maximum atomic E-state index is 12.5. The molecule has 0 aliphatic heterocycles. The van der Waals surface area contributed by atoms with Crippen LogP contribution < -0.4 is 15.8 Å². The summed E-state index contributed by atoms with van der Waals surface area (Å²) in [5.41, 5.74) is 8.16. The molecule has 0 saturated heterocycles. The Morgan fingerprint density at radius 2 is 2.08 bits per heavy atom. The van der Waals surface area contributed by atoms with Gasteiger partial charge in [0.25, 0.3) is 5.91 Å². The molecule has 0 radical (unpaired) electrons. The molecule has 3 rings (SSSR count). The molecule has 0 spiro atoms. The topological polar surface area (TPSA) is 95.1 Å². The Hall–Kier alpha value is -3.06. The van der Waals surface area contributed by atoms with E-state index in [0.717, 1.165) is 11.3 Å². The first-order valence-electron chi connectivity index (χ1n) is 7.41. The number of carbonyl (C=O) groups is 1. The van der Waals surface area contributed by atoms with E-state index in [-0.39, 0.29) is 17.2 Å². The third-order valence-electron chi connectivity index (χ3n) is 3.67. The minimum atomic E-state index is -0.439. The molecule has 0 saturated carbocycles. The number of pyridine rings is 1. The van der Waals surface area contributed by atoms with Crippen LogP contribution in [0.2, 0.25) is 5.02 Å². The van der Waals surface area contributed by atoms with Crippen molar-refractivity contribution in [2.45, 2.75) is 6.92 Å². The Kier molecular flexibility index (Phi) is 4.58. The van der Waals surface area contributed by atoms with Crippen molar-refractivity contribution in [1.29, 1.82) is 0 Å². The van der Waals surface area contributed by atoms with E-state index in [1.165, 1.54) is 24.2 Å². The number of amides is 1. The molecule has 0 aliphatic rings. The van der Waals surface area contributed by atoms with Crippen LogP contribution in [0.15, 0.2) is 42.7 Å². The largest absolute Gasteiger partial charge is 0.493 e. The van der Waals surface area contributed by atoms with Gasteiger partial charge in [0.05, 0.1) is 24.0 Å². The molecular formula is C17H16ClN5O2. The lowest BCUT2D eigenvalue weighted by Crippen LogP contribution is -2.15. The van der Waals surface area contributed by atoms with Gasteiger partial charge < -0.3 is 15.8 Å². The van der Waals surface area contributed by atoms with Gasteiger partial charge in [-0.15, -0.1) is 0 Å². The molecule has 0 atom stereocenters. The van der Waals surface area contributed by atoms with Crippen molar-refractivity contribution in [3.8, 4) is 11.4 Å². The van der Waals surface area contributed by atoms with Crippen LogP contribution in [0.3, 0.4) is 0 Å². The Morgan fingerprint density at radius 1 is 1.32 bits per heavy atom. The van der Waals surface area contributed by atoms with Crippen LogP contribution in [0.5, 0.6) is 5.75 Å². The Morgan fingerprint density at radius 3 is 2.80 bits per heavy atom. The molecule has 7 nitrogen and oxygen atoms in total. The number of nitrogen functional groups attached to an aromatic ring is 1. The molecule has 0 aliphatic carbocycles. The van der Waals surface area contributed by atoms with E-state index < -0.39 is 5.91 Å². The molecular weight excluding hydrogens is 342 g/mol. The molecule has 128 valence electrons. The van der Waals surface area contributed by atoms with E-state index >= 15 is 0 Å². The summed E-state index contributed by atoms with van der Waals surface area (Å²) in [6, 6.07) is 9.18. The molecule has 0 unspecified atom stereocenters. The highest BCUT2D eigenvalue weighted by atomic mass is 35.5. The first kappa shape index (κ1) is 16.8. The van der Waals surface area contributed by atoms with Gasteiger partial charge >= 0.3 is 0 Å². The Labute approximate surface area is 149 Å². The number of ether oxygens (including phenoxy) is 1. The van der Waals surface area contributed by atoms with Gasteiger partial charge in [-0.25, -0.2) is 9.67 Å². The first-order chi connectivity index (χ1) is 12.0. The minimum Gasteiger partial charge on any atom is -0.493 e. The van der Waals surface area contributed by atoms with Crippen LogP contribution in [0.1, 0.15) is 15.9 Å². The lowest BCUT2D eigenvalue weighted by molar-refractivity contribution is 0.102. The second-order valence-corrected chi connectivity index (χ2v) is 5.74. The normalized spacial score (nSPS) is 10.5. The minimum absolute atomic E-state index is 0.236. The van der Waals surface area contributed by atoms with Gasteiger partial charge in [0.15, 0.2) is 11.6 Å². The summed E-state index contributed by atoms with van der Waals surface area (Å²) in [6.45, 7) is 1.94. The molecule has 0 bridgehead atoms. The third-order valence-corrected chi connectivity index (χ3v) is 3.87. The number of hydrogen-bond donors (Lipinski definition) is 2. The smallest absolute Gasteiger partial charge is 0.262 e. The van der Waals surface area contributed by atoms with Gasteiger partial charge in [0.1, 0.15) is 11.4 Å². The number of anilines is 2. The summed E-state index contributed by atoms with van der Waals surface area (Å²) >= 11 is 5.87. The highest BCUT2D eigenvalue weighted by molar-refractivity contribution is 6.30. The maximum absolute atomic E-state index is 12.5. The zero-order valence-corrected chi connectivity index (χ0v) is 14.4. The molecule has 8 heteroatoms. The van der Waals surface area contributed by atoms with E-state index in [4.69, 9.17) is 22.1 Å². The molecule has 2 aromatic heterocycles. The van der Waals surface area contributed by atoms with Gasteiger partial charge in [0, 0.05) is 12.3 Å². The number of aryl methyl sites for hydroxylation is 1. The number of halogens is 1. The lowest BCUT2D eigenvalue weighted by atomic mass is 10.2. The fraction of sp³-hybridized carbons (Fsp3) is 0.118. The van der Waals surface area contributed by atoms with Crippen molar-refractivity contribution in [2.24, 2.45) is 0 Å². The highest BCUT2D eigenvalue weighted by Crippen LogP contribution is 2.26. The van der Waals surface area contributed by atoms with Crippen LogP contribution in [0.4, 0.5) is 11.6 Å². The maximum Gasteiger partial charge on any atom is 0.262 e. The zero-order chi connectivity index (χ0) is 18.0. The quantitative estimate of drug-likeness (QED) is 0.748. The van der Waals surface area contributed by atoms with E-state index in [2.05, 4.69) is 15.4 Å². The van der Waals surface area contributed by atoms with Gasteiger partial charge in [-0.05, 0) is 18.6 Å². The van der Waals surface area contributed by atoms with E-state index in [1.807, 2.05) is 31.2 Å². The Balaban J connectivity index is 1.91. The number of rotatable bonds is 4. The van der Waals surface area contributed by atoms with Crippen LogP contribution in [-0.2, 0) is 0 Å². The average Bonchev–Trinajstić information content (AvgIpc) is 2.98. The van der Waals surface area contributed by atoms with Crippen molar-refractivity contribution >= 4 is 29.1 Å². The third kappa shape index (κ3) is 3.27. The first-order valence-corrected chi connectivity index (χ1v) is 7.79. The molecule has 25 heavy (non-hydrogen) atoms. The van der Waals surface area contributed by atoms with Gasteiger partial charge in [0.2, 0.25) is 0 Å². The number of para-hydroxylation sites is 1. The standard InChI is InChI=1S/C17H16ClN5O2/c1-10-5-3-4-6-13(10)23-15(19)12(9-21-23)17(24)22-16-14(25-2)7-11(18)8-20-16/h3-9H,19H2,1-2H3,(H,20,22,24). The molecule has 1 aromatic carbocycles. The summed E-state index contributed by atoms with van der Waals surface area (Å²) in [5, 5.41) is 7.29.